The summed E-state index contributed by atoms with van der Waals surface area (Å²) in [5.74, 6) is -1.71. The van der Waals surface area contributed by atoms with Gasteiger partial charge in [0.05, 0.1) is 35.8 Å². The van der Waals surface area contributed by atoms with E-state index < -0.39 is 28.7 Å². The van der Waals surface area contributed by atoms with Crippen LogP contribution >= 0.6 is 11.8 Å². The number of nitrogens with zero attached hydrogens (tertiary/aromatic N) is 2. The number of esters is 1. The fourth-order valence-corrected chi connectivity index (χ4v) is 7.84. The molecule has 7 nitrogen and oxygen atoms in total. The van der Waals surface area contributed by atoms with Crippen LogP contribution in [0.5, 0.6) is 0 Å². The molecule has 33 heavy (non-hydrogen) atoms. The van der Waals surface area contributed by atoms with E-state index in [2.05, 4.69) is 6.92 Å². The molecule has 182 valence electrons. The van der Waals surface area contributed by atoms with E-state index in [0.717, 1.165) is 12.8 Å². The third-order valence-corrected chi connectivity index (χ3v) is 9.02. The van der Waals surface area contributed by atoms with Gasteiger partial charge < -0.3 is 19.6 Å². The first-order chi connectivity index (χ1) is 15.9. The molecule has 0 aromatic carbocycles. The predicted octanol–water partition coefficient (Wildman–Crippen LogP) is 2.39. The predicted molar refractivity (Wildman–Crippen MR) is 127 cm³/mol. The van der Waals surface area contributed by atoms with Gasteiger partial charge >= 0.3 is 5.97 Å². The molecule has 2 fully saturated rings. The van der Waals surface area contributed by atoms with Gasteiger partial charge in [0.2, 0.25) is 11.8 Å². The standard InChI is InChI=1S/C25H36N2O5S/c1-4-5-11-26-12-8-10-25-20(19-18(33-25)9-6-7-13-32-24(19)31)22(29)27(21(25)23(26)30)17(15-28)14-16(2)3/h6,8-10,16-21,28H,4-5,7,11-15H2,1-3H3/t17-,18-,19+,20+,21?,25+/m1/s1. The third kappa shape index (κ3) is 4.14. The number of likely N-dealkylation sites (tertiary alicyclic amines) is 1. The summed E-state index contributed by atoms with van der Waals surface area (Å²) >= 11 is 1.55. The van der Waals surface area contributed by atoms with Crippen LogP contribution in [0.4, 0.5) is 0 Å². The van der Waals surface area contributed by atoms with Gasteiger partial charge in [-0.3, -0.25) is 14.4 Å². The van der Waals surface area contributed by atoms with E-state index in [1.54, 1.807) is 16.7 Å². The van der Waals surface area contributed by atoms with Crippen LogP contribution in [0.3, 0.4) is 0 Å². The van der Waals surface area contributed by atoms with E-state index in [4.69, 9.17) is 4.74 Å². The van der Waals surface area contributed by atoms with Crippen LogP contribution in [-0.4, -0.2) is 81.1 Å². The summed E-state index contributed by atoms with van der Waals surface area (Å²) in [5.41, 5.74) is 0. The second kappa shape index (κ2) is 9.82. The van der Waals surface area contributed by atoms with Crippen LogP contribution in [0.2, 0.25) is 0 Å². The number of unbranched alkanes of at least 4 members (excludes halogenated alkanes) is 1. The summed E-state index contributed by atoms with van der Waals surface area (Å²) < 4.78 is 4.66. The highest BCUT2D eigenvalue weighted by atomic mass is 32.2. The zero-order valence-corrected chi connectivity index (χ0v) is 20.6. The minimum Gasteiger partial charge on any atom is -0.465 e. The maximum atomic E-state index is 14.1. The molecule has 0 saturated carbocycles. The maximum absolute atomic E-state index is 14.1. The first-order valence-corrected chi connectivity index (χ1v) is 13.1. The number of hydrogen-bond donors (Lipinski definition) is 1. The minimum absolute atomic E-state index is 0.0781. The van der Waals surface area contributed by atoms with Crippen molar-refractivity contribution >= 4 is 29.5 Å². The Bertz CT molecular complexity index is 843. The average molecular weight is 477 g/mol. The van der Waals surface area contributed by atoms with Crippen molar-refractivity contribution in [1.82, 2.24) is 9.80 Å². The largest absolute Gasteiger partial charge is 0.465 e. The Kier molecular flexibility index (Phi) is 7.24. The van der Waals surface area contributed by atoms with Crippen molar-refractivity contribution in [3.63, 3.8) is 0 Å². The number of carbonyl (C=O) groups excluding carboxylic acids is 3. The van der Waals surface area contributed by atoms with E-state index >= 15 is 0 Å². The van der Waals surface area contributed by atoms with Crippen LogP contribution < -0.4 is 0 Å². The number of cyclic esters (lactones) is 1. The van der Waals surface area contributed by atoms with Gasteiger partial charge in [-0.25, -0.2) is 0 Å². The van der Waals surface area contributed by atoms with Crippen molar-refractivity contribution in [2.45, 2.75) is 68.5 Å². The zero-order valence-electron chi connectivity index (χ0n) is 19.8. The molecule has 0 bridgehead atoms. The van der Waals surface area contributed by atoms with Gasteiger partial charge in [0.15, 0.2) is 0 Å². The molecule has 0 aromatic rings. The molecule has 4 aliphatic rings. The number of carbonyl (C=O) groups is 3. The number of thioether (sulfide) groups is 1. The van der Waals surface area contributed by atoms with Crippen molar-refractivity contribution in [3.05, 3.63) is 24.3 Å². The van der Waals surface area contributed by atoms with Crippen LogP contribution in [-0.2, 0) is 19.1 Å². The van der Waals surface area contributed by atoms with Gasteiger partial charge in [-0.15, -0.1) is 11.8 Å². The fraction of sp³-hybridized carbons (Fsp3) is 0.720. The Morgan fingerprint density at radius 2 is 2.03 bits per heavy atom. The lowest BCUT2D eigenvalue weighted by Gasteiger charge is -2.39. The normalized spacial score (nSPS) is 34.5. The number of rotatable bonds is 7. The quantitative estimate of drug-likeness (QED) is 0.449. The second-order valence-corrected chi connectivity index (χ2v) is 11.5. The first-order valence-electron chi connectivity index (χ1n) is 12.3. The minimum atomic E-state index is -0.845. The third-order valence-electron chi connectivity index (χ3n) is 7.27. The van der Waals surface area contributed by atoms with Crippen molar-refractivity contribution in [3.8, 4) is 0 Å². The second-order valence-electron chi connectivity index (χ2n) is 9.98. The van der Waals surface area contributed by atoms with E-state index in [1.165, 1.54) is 0 Å². The van der Waals surface area contributed by atoms with E-state index in [9.17, 15) is 19.5 Å². The Labute approximate surface area is 200 Å². The van der Waals surface area contributed by atoms with Crippen LogP contribution in [0.15, 0.2) is 24.3 Å². The summed E-state index contributed by atoms with van der Waals surface area (Å²) in [7, 11) is 0. The van der Waals surface area contributed by atoms with Gasteiger partial charge in [-0.05, 0) is 25.2 Å². The van der Waals surface area contributed by atoms with E-state index in [1.807, 2.05) is 43.1 Å². The highest BCUT2D eigenvalue weighted by Gasteiger charge is 2.71. The fourth-order valence-electron chi connectivity index (χ4n) is 5.86. The molecule has 0 radical (unpaired) electrons. The molecule has 2 saturated heterocycles. The summed E-state index contributed by atoms with van der Waals surface area (Å²) in [6.45, 7) is 7.40. The lowest BCUT2D eigenvalue weighted by atomic mass is 9.78. The Balaban J connectivity index is 1.82. The molecular formula is C25H36N2O5S. The maximum Gasteiger partial charge on any atom is 0.311 e. The number of aliphatic hydroxyl groups is 1. The first kappa shape index (κ1) is 24.3. The lowest BCUT2D eigenvalue weighted by molar-refractivity contribution is -0.153. The van der Waals surface area contributed by atoms with Crippen LogP contribution in [0.1, 0.15) is 46.5 Å². The molecule has 1 N–H and O–H groups in total. The number of fused-ring (bicyclic) bond motifs is 2. The molecule has 4 rings (SSSR count). The number of hydrogen-bond acceptors (Lipinski definition) is 6. The Morgan fingerprint density at radius 3 is 2.73 bits per heavy atom. The van der Waals surface area contributed by atoms with Gasteiger partial charge in [-0.1, -0.05) is 51.5 Å². The SMILES string of the molecule is CCCCN1CC=C[C@]23S[C@@H]4C=CCCOC(=O)[C@@H]4[C@H]2C(=O)N([C@@H](CO)CC(C)C)C3C1=O. The molecule has 6 atom stereocenters. The van der Waals surface area contributed by atoms with E-state index in [0.29, 0.717) is 32.5 Å². The highest BCUT2D eigenvalue weighted by molar-refractivity contribution is 8.02. The molecule has 1 spiro atoms. The van der Waals surface area contributed by atoms with Gasteiger partial charge in [-0.2, -0.15) is 0 Å². The molecule has 0 aliphatic carbocycles. The average Bonchev–Trinajstić information content (AvgIpc) is 3.15. The Morgan fingerprint density at radius 1 is 1.24 bits per heavy atom. The summed E-state index contributed by atoms with van der Waals surface area (Å²) in [6, 6.07) is -1.20. The number of aliphatic hydroxyl groups excluding tert-OH is 1. The topological polar surface area (TPSA) is 87.2 Å². The van der Waals surface area contributed by atoms with Crippen LogP contribution in [0, 0.1) is 17.8 Å². The van der Waals surface area contributed by atoms with Gasteiger partial charge in [0, 0.05) is 18.3 Å². The summed E-state index contributed by atoms with van der Waals surface area (Å²) in [6.07, 6.45) is 11.1. The Hall–Kier alpha value is -1.80. The van der Waals surface area contributed by atoms with Gasteiger partial charge in [0.1, 0.15) is 6.04 Å². The lowest BCUT2D eigenvalue weighted by Crippen LogP contribution is -2.56. The summed E-state index contributed by atoms with van der Waals surface area (Å²) in [5, 5.41) is 10.1. The van der Waals surface area contributed by atoms with Crippen molar-refractivity contribution < 1.29 is 24.2 Å². The van der Waals surface area contributed by atoms with E-state index in [-0.39, 0.29) is 35.6 Å². The number of ether oxygens (including phenoxy) is 1. The molecule has 2 amide bonds. The van der Waals surface area contributed by atoms with Crippen molar-refractivity contribution in [1.29, 1.82) is 0 Å². The van der Waals surface area contributed by atoms with Crippen molar-refractivity contribution in [2.75, 3.05) is 26.3 Å². The molecule has 8 heteroatoms. The van der Waals surface area contributed by atoms with Gasteiger partial charge in [0.25, 0.3) is 0 Å². The van der Waals surface area contributed by atoms with Crippen LogP contribution in [0.25, 0.3) is 0 Å². The van der Waals surface area contributed by atoms with Crippen molar-refractivity contribution in [2.24, 2.45) is 17.8 Å². The molecule has 0 aromatic heterocycles. The molecule has 4 aliphatic heterocycles. The monoisotopic (exact) mass is 476 g/mol. The zero-order chi connectivity index (χ0) is 23.8. The molecule has 1 unspecified atom stereocenters. The number of amides is 2. The highest BCUT2D eigenvalue weighted by Crippen LogP contribution is 2.61. The molecular weight excluding hydrogens is 440 g/mol. The molecule has 4 heterocycles. The summed E-state index contributed by atoms with van der Waals surface area (Å²) in [4.78, 5) is 44.7. The smallest absolute Gasteiger partial charge is 0.311 e.